The average Bonchev–Trinajstić information content (AvgIpc) is 3.20. The normalized spacial score (nSPS) is 34.5. The van der Waals surface area contributed by atoms with E-state index in [2.05, 4.69) is 32.2 Å². The van der Waals surface area contributed by atoms with Crippen molar-refractivity contribution in [2.75, 3.05) is 20.8 Å². The Kier molecular flexibility index (Phi) is 5.30. The van der Waals surface area contributed by atoms with Crippen LogP contribution in [0.1, 0.15) is 64.5 Å². The number of hydrogen-bond donors (Lipinski definition) is 1. The Morgan fingerprint density at radius 3 is 2.76 bits per heavy atom. The molecule has 4 rings (SSSR count). The van der Waals surface area contributed by atoms with Crippen LogP contribution in [0.15, 0.2) is 18.2 Å². The van der Waals surface area contributed by atoms with Gasteiger partial charge in [-0.1, -0.05) is 20.8 Å². The summed E-state index contributed by atoms with van der Waals surface area (Å²) in [5.74, 6) is 2.79. The van der Waals surface area contributed by atoms with Gasteiger partial charge in [0.1, 0.15) is 11.5 Å². The summed E-state index contributed by atoms with van der Waals surface area (Å²) >= 11 is 0. The third kappa shape index (κ3) is 3.13. The molecule has 29 heavy (non-hydrogen) atoms. The molecule has 3 aliphatic rings. The van der Waals surface area contributed by atoms with Crippen molar-refractivity contribution >= 4 is 5.91 Å². The summed E-state index contributed by atoms with van der Waals surface area (Å²) in [5.41, 5.74) is 1.32. The van der Waals surface area contributed by atoms with Gasteiger partial charge in [-0.25, -0.2) is 0 Å². The van der Waals surface area contributed by atoms with Gasteiger partial charge in [0.2, 0.25) is 5.91 Å². The molecule has 160 valence electrons. The zero-order chi connectivity index (χ0) is 20.8. The molecule has 0 unspecified atom stereocenters. The number of rotatable bonds is 6. The molecule has 1 aliphatic heterocycles. The minimum atomic E-state index is -0.00344. The predicted octanol–water partition coefficient (Wildman–Crippen LogP) is 4.50. The number of nitrogens with one attached hydrogen (secondary N) is 1. The number of fused-ring (bicyclic) bond motifs is 1. The number of benzene rings is 1. The van der Waals surface area contributed by atoms with Crippen LogP contribution in [0.3, 0.4) is 0 Å². The summed E-state index contributed by atoms with van der Waals surface area (Å²) in [7, 11) is 3.37. The Labute approximate surface area is 174 Å². The zero-order valence-electron chi connectivity index (χ0n) is 18.4. The third-order valence-corrected chi connectivity index (χ3v) is 8.03. The van der Waals surface area contributed by atoms with E-state index in [1.165, 1.54) is 6.42 Å². The average molecular weight is 402 g/mol. The Balaban J connectivity index is 1.69. The number of carbonyl (C=O) groups excluding carboxylic acids is 1. The van der Waals surface area contributed by atoms with Crippen LogP contribution in [-0.4, -0.2) is 32.8 Å². The van der Waals surface area contributed by atoms with E-state index in [-0.39, 0.29) is 28.9 Å². The summed E-state index contributed by atoms with van der Waals surface area (Å²) < 4.78 is 17.5. The molecule has 5 atom stereocenters. The molecular formula is C24H35NO4. The van der Waals surface area contributed by atoms with Gasteiger partial charge in [0.25, 0.3) is 0 Å². The van der Waals surface area contributed by atoms with Crippen LogP contribution in [0.5, 0.6) is 11.5 Å². The van der Waals surface area contributed by atoms with Crippen molar-refractivity contribution in [2.45, 2.75) is 65.0 Å². The minimum absolute atomic E-state index is 0.00344. The first-order valence-corrected chi connectivity index (χ1v) is 11.0. The Morgan fingerprint density at radius 1 is 1.28 bits per heavy atom. The monoisotopic (exact) mass is 401 g/mol. The lowest BCUT2D eigenvalue weighted by atomic mass is 9.58. The number of ether oxygens (including phenoxy) is 3. The predicted molar refractivity (Wildman–Crippen MR) is 112 cm³/mol. The molecule has 1 N–H and O–H groups in total. The summed E-state index contributed by atoms with van der Waals surface area (Å²) in [4.78, 5) is 12.6. The molecule has 1 saturated heterocycles. The van der Waals surface area contributed by atoms with Gasteiger partial charge in [0.05, 0.1) is 20.3 Å². The quantitative estimate of drug-likeness (QED) is 0.762. The van der Waals surface area contributed by atoms with E-state index in [1.54, 1.807) is 14.2 Å². The summed E-state index contributed by atoms with van der Waals surface area (Å²) in [6.07, 6.45) is 4.82. The van der Waals surface area contributed by atoms with E-state index in [0.717, 1.165) is 42.9 Å². The van der Waals surface area contributed by atoms with Crippen LogP contribution < -0.4 is 14.8 Å². The van der Waals surface area contributed by atoms with Gasteiger partial charge >= 0.3 is 0 Å². The maximum Gasteiger partial charge on any atom is 0.220 e. The fourth-order valence-corrected chi connectivity index (χ4v) is 6.61. The van der Waals surface area contributed by atoms with Crippen molar-refractivity contribution < 1.29 is 19.0 Å². The van der Waals surface area contributed by atoms with Crippen molar-refractivity contribution in [1.82, 2.24) is 5.32 Å². The van der Waals surface area contributed by atoms with Gasteiger partial charge < -0.3 is 19.5 Å². The van der Waals surface area contributed by atoms with Gasteiger partial charge in [0, 0.05) is 30.7 Å². The van der Waals surface area contributed by atoms with Crippen molar-refractivity contribution in [3.63, 3.8) is 0 Å². The van der Waals surface area contributed by atoms with Gasteiger partial charge in [-0.05, 0) is 60.5 Å². The fourth-order valence-electron chi connectivity index (χ4n) is 6.61. The van der Waals surface area contributed by atoms with Crippen molar-refractivity contribution in [3.05, 3.63) is 23.8 Å². The van der Waals surface area contributed by atoms with Crippen molar-refractivity contribution in [3.8, 4) is 11.5 Å². The standard InChI is InChI=1S/C24H35NO4/c1-6-7-20(26)25-22-23(2,3)15-12-18-21(29-11-10-24(18,22)14-15)17-9-8-16(27-4)13-19(17)28-5/h8-9,13,15,18,21-22H,6-7,10-12,14H2,1-5H3,(H,25,26)/t15-,18-,21-,22+,24-/m1/s1. The second-order valence-electron chi connectivity index (χ2n) is 9.70. The summed E-state index contributed by atoms with van der Waals surface area (Å²) in [5, 5.41) is 3.46. The smallest absolute Gasteiger partial charge is 0.220 e. The highest BCUT2D eigenvalue weighted by Crippen LogP contribution is 2.70. The second-order valence-corrected chi connectivity index (χ2v) is 9.70. The van der Waals surface area contributed by atoms with Gasteiger partial charge in [-0.2, -0.15) is 0 Å². The van der Waals surface area contributed by atoms with Crippen molar-refractivity contribution in [2.24, 2.45) is 22.7 Å². The number of hydrogen-bond acceptors (Lipinski definition) is 4. The number of amides is 1. The Bertz CT molecular complexity index is 776. The minimum Gasteiger partial charge on any atom is -0.497 e. The molecule has 1 heterocycles. The second kappa shape index (κ2) is 7.50. The lowest BCUT2D eigenvalue weighted by molar-refractivity contribution is -0.137. The highest BCUT2D eigenvalue weighted by atomic mass is 16.5. The largest absolute Gasteiger partial charge is 0.497 e. The molecule has 1 aromatic rings. The van der Waals surface area contributed by atoms with Crippen LogP contribution >= 0.6 is 0 Å². The first-order chi connectivity index (χ1) is 13.9. The third-order valence-electron chi connectivity index (χ3n) is 8.03. The molecular weight excluding hydrogens is 366 g/mol. The van der Waals surface area contributed by atoms with E-state index in [1.807, 2.05) is 12.1 Å². The first-order valence-electron chi connectivity index (χ1n) is 11.0. The summed E-state index contributed by atoms with van der Waals surface area (Å²) in [6, 6.07) is 6.22. The maximum atomic E-state index is 12.6. The molecule has 5 nitrogen and oxygen atoms in total. The molecule has 1 aromatic carbocycles. The van der Waals surface area contributed by atoms with Gasteiger partial charge in [-0.15, -0.1) is 0 Å². The number of methoxy groups -OCH3 is 2. The van der Waals surface area contributed by atoms with Crippen LogP contribution in [0, 0.1) is 22.7 Å². The molecule has 2 bridgehead atoms. The van der Waals surface area contributed by atoms with Crippen LogP contribution in [0.25, 0.3) is 0 Å². The van der Waals surface area contributed by atoms with E-state index in [9.17, 15) is 4.79 Å². The van der Waals surface area contributed by atoms with Crippen LogP contribution in [0.4, 0.5) is 0 Å². The Morgan fingerprint density at radius 2 is 2.07 bits per heavy atom. The number of carbonyl (C=O) groups is 1. The fraction of sp³-hybridized carbons (Fsp3) is 0.708. The van der Waals surface area contributed by atoms with Crippen molar-refractivity contribution in [1.29, 1.82) is 0 Å². The van der Waals surface area contributed by atoms with Gasteiger partial charge in [-0.3, -0.25) is 4.79 Å². The molecule has 5 heteroatoms. The first kappa shape index (κ1) is 20.5. The lowest BCUT2D eigenvalue weighted by Gasteiger charge is -2.53. The zero-order valence-corrected chi connectivity index (χ0v) is 18.4. The topological polar surface area (TPSA) is 56.8 Å². The molecule has 0 radical (unpaired) electrons. The maximum absolute atomic E-state index is 12.6. The van der Waals surface area contributed by atoms with Crippen LogP contribution in [-0.2, 0) is 9.53 Å². The summed E-state index contributed by atoms with van der Waals surface area (Å²) in [6.45, 7) is 7.47. The molecule has 0 aromatic heterocycles. The molecule has 1 amide bonds. The van der Waals surface area contributed by atoms with E-state index >= 15 is 0 Å². The molecule has 2 saturated carbocycles. The molecule has 3 fully saturated rings. The van der Waals surface area contributed by atoms with E-state index in [0.29, 0.717) is 18.3 Å². The highest BCUT2D eigenvalue weighted by molar-refractivity contribution is 5.76. The SMILES string of the molecule is CCCC(=O)N[C@H]1C(C)(C)[C@@H]2C[C@@H]3[C@@H](c4ccc(OC)cc4OC)OCC[C@@]31C2. The van der Waals surface area contributed by atoms with E-state index in [4.69, 9.17) is 14.2 Å². The van der Waals surface area contributed by atoms with E-state index < -0.39 is 0 Å². The van der Waals surface area contributed by atoms with Gasteiger partial charge in [0.15, 0.2) is 0 Å². The molecule has 2 aliphatic carbocycles. The Hall–Kier alpha value is -1.75. The highest BCUT2D eigenvalue weighted by Gasteiger charge is 2.68. The lowest BCUT2D eigenvalue weighted by Crippen LogP contribution is -2.58. The van der Waals surface area contributed by atoms with Crippen LogP contribution in [0.2, 0.25) is 0 Å². The molecule has 1 spiro atoms.